The summed E-state index contributed by atoms with van der Waals surface area (Å²) in [6.45, 7) is 0. The molecule has 1 rings (SSSR count). The number of aliphatic carboxylic acids is 1. The second-order valence-corrected chi connectivity index (χ2v) is 4.59. The van der Waals surface area contributed by atoms with Crippen molar-refractivity contribution < 1.29 is 33.0 Å². The van der Waals surface area contributed by atoms with Gasteiger partial charge in [-0.2, -0.15) is 13.2 Å². The van der Waals surface area contributed by atoms with Crippen LogP contribution < -0.4 is 0 Å². The van der Waals surface area contributed by atoms with Crippen LogP contribution in [-0.2, 0) is 15.2 Å². The van der Waals surface area contributed by atoms with Crippen molar-refractivity contribution in [1.29, 1.82) is 0 Å². The molecule has 0 aliphatic rings. The quantitative estimate of drug-likeness (QED) is 0.820. The monoisotopic (exact) mass is 310 g/mol. The Morgan fingerprint density at radius 1 is 1.15 bits per heavy atom. The van der Waals surface area contributed by atoms with Crippen LogP contribution in [0.25, 0.3) is 0 Å². The normalized spacial score (nSPS) is 14.7. The van der Waals surface area contributed by atoms with Crippen LogP contribution in [0.3, 0.4) is 0 Å². The van der Waals surface area contributed by atoms with Crippen LogP contribution >= 0.6 is 11.6 Å². The molecule has 0 saturated carbocycles. The fraction of sp³-hybridized carbons (Fsp3) is 0.333. The average Bonchev–Trinajstić information content (AvgIpc) is 2.26. The molecular formula is C12H10ClF3O4. The molecule has 0 spiro atoms. The molecule has 1 atom stereocenters. The van der Waals surface area contributed by atoms with E-state index in [4.69, 9.17) is 16.7 Å². The van der Waals surface area contributed by atoms with Gasteiger partial charge >= 0.3 is 12.1 Å². The first kappa shape index (κ1) is 16.5. The van der Waals surface area contributed by atoms with Gasteiger partial charge in [-0.25, -0.2) is 0 Å². The largest absolute Gasteiger partial charge is 0.481 e. The molecule has 0 aliphatic heterocycles. The van der Waals surface area contributed by atoms with Crippen LogP contribution in [0.4, 0.5) is 13.2 Å². The van der Waals surface area contributed by atoms with E-state index in [-0.39, 0.29) is 5.02 Å². The molecule has 0 aromatic heterocycles. The number of carboxylic acids is 1. The second kappa shape index (κ2) is 5.80. The van der Waals surface area contributed by atoms with Crippen molar-refractivity contribution in [1.82, 2.24) is 0 Å². The number of hydrogen-bond acceptors (Lipinski definition) is 3. The number of rotatable bonds is 5. The first-order chi connectivity index (χ1) is 9.06. The Bertz CT molecular complexity index is 512. The van der Waals surface area contributed by atoms with Crippen molar-refractivity contribution in [2.45, 2.75) is 24.6 Å². The van der Waals surface area contributed by atoms with Gasteiger partial charge in [-0.1, -0.05) is 23.7 Å². The Morgan fingerprint density at radius 3 is 2.05 bits per heavy atom. The van der Waals surface area contributed by atoms with E-state index in [0.717, 1.165) is 24.3 Å². The Kier molecular flexibility index (Phi) is 4.77. The van der Waals surface area contributed by atoms with E-state index in [1.165, 1.54) is 0 Å². The van der Waals surface area contributed by atoms with E-state index >= 15 is 0 Å². The third kappa shape index (κ3) is 3.71. The van der Waals surface area contributed by atoms with E-state index in [2.05, 4.69) is 0 Å². The molecule has 110 valence electrons. The number of ketones is 1. The van der Waals surface area contributed by atoms with Crippen LogP contribution in [-0.4, -0.2) is 28.1 Å². The lowest BCUT2D eigenvalue weighted by molar-refractivity contribution is -0.267. The van der Waals surface area contributed by atoms with Crippen LogP contribution in [0.15, 0.2) is 24.3 Å². The molecule has 20 heavy (non-hydrogen) atoms. The number of carboxylic acid groups (broad SMARTS) is 1. The fourth-order valence-electron chi connectivity index (χ4n) is 1.61. The van der Waals surface area contributed by atoms with Gasteiger partial charge in [-0.3, -0.25) is 9.59 Å². The number of benzene rings is 1. The van der Waals surface area contributed by atoms with Gasteiger partial charge in [-0.05, 0) is 17.7 Å². The van der Waals surface area contributed by atoms with Gasteiger partial charge in [-0.15, -0.1) is 0 Å². The summed E-state index contributed by atoms with van der Waals surface area (Å²) in [5.41, 5.74) is -4.02. The van der Waals surface area contributed by atoms with Crippen LogP contribution in [0.5, 0.6) is 0 Å². The Balaban J connectivity index is 3.14. The number of carbonyl (C=O) groups excluding carboxylic acids is 1. The van der Waals surface area contributed by atoms with E-state index in [1.807, 2.05) is 0 Å². The Hall–Kier alpha value is -1.60. The maximum Gasteiger partial charge on any atom is 0.421 e. The zero-order valence-corrected chi connectivity index (χ0v) is 10.7. The lowest BCUT2D eigenvalue weighted by Gasteiger charge is -2.30. The number of Topliss-reactive ketones (excluding diaryl/α,β-unsaturated/α-hetero) is 1. The highest BCUT2D eigenvalue weighted by atomic mass is 35.5. The highest BCUT2D eigenvalue weighted by Crippen LogP contribution is 2.42. The van der Waals surface area contributed by atoms with E-state index in [0.29, 0.717) is 0 Å². The van der Waals surface area contributed by atoms with Crippen LogP contribution in [0.2, 0.25) is 5.02 Å². The molecule has 0 fully saturated rings. The zero-order valence-electron chi connectivity index (χ0n) is 9.95. The van der Waals surface area contributed by atoms with Gasteiger partial charge < -0.3 is 10.2 Å². The number of alkyl halides is 3. The van der Waals surface area contributed by atoms with Gasteiger partial charge in [0, 0.05) is 11.4 Å². The highest BCUT2D eigenvalue weighted by Gasteiger charge is 2.55. The molecule has 8 heteroatoms. The fourth-order valence-corrected chi connectivity index (χ4v) is 1.73. The lowest BCUT2D eigenvalue weighted by Crippen LogP contribution is -2.44. The summed E-state index contributed by atoms with van der Waals surface area (Å²) in [6.07, 6.45) is -7.59. The van der Waals surface area contributed by atoms with Gasteiger partial charge in [0.25, 0.3) is 0 Å². The van der Waals surface area contributed by atoms with Crippen LogP contribution in [0, 0.1) is 0 Å². The predicted molar refractivity (Wildman–Crippen MR) is 63.3 cm³/mol. The molecule has 0 radical (unpaired) electrons. The standard InChI is InChI=1S/C12H10ClF3O4/c13-8-3-1-7(2-4-8)11(20,12(14,15)16)6-9(17)5-10(18)19/h1-4,20H,5-6H2,(H,18,19). The zero-order chi connectivity index (χ0) is 15.6. The average molecular weight is 311 g/mol. The van der Waals surface area contributed by atoms with Gasteiger partial charge in [0.15, 0.2) is 5.60 Å². The summed E-state index contributed by atoms with van der Waals surface area (Å²) >= 11 is 5.54. The third-order valence-electron chi connectivity index (χ3n) is 2.59. The van der Waals surface area contributed by atoms with Gasteiger partial charge in [0.05, 0.1) is 0 Å². The first-order valence-electron chi connectivity index (χ1n) is 5.35. The maximum absolute atomic E-state index is 13.0. The van der Waals surface area contributed by atoms with E-state index < -0.39 is 41.9 Å². The topological polar surface area (TPSA) is 74.6 Å². The molecule has 0 heterocycles. The lowest BCUT2D eigenvalue weighted by atomic mass is 9.87. The Morgan fingerprint density at radius 2 is 1.65 bits per heavy atom. The number of halogens is 4. The van der Waals surface area contributed by atoms with Crippen molar-refractivity contribution in [2.24, 2.45) is 0 Å². The minimum atomic E-state index is -5.13. The Labute approximate surface area is 116 Å². The minimum Gasteiger partial charge on any atom is -0.481 e. The second-order valence-electron chi connectivity index (χ2n) is 4.15. The summed E-state index contributed by atoms with van der Waals surface area (Å²) in [6, 6.07) is 4.14. The van der Waals surface area contributed by atoms with Crippen LogP contribution in [0.1, 0.15) is 18.4 Å². The number of carbonyl (C=O) groups is 2. The summed E-state index contributed by atoms with van der Waals surface area (Å²) in [5, 5.41) is 18.4. The summed E-state index contributed by atoms with van der Waals surface area (Å²) in [4.78, 5) is 21.6. The molecule has 0 amide bonds. The highest BCUT2D eigenvalue weighted by molar-refractivity contribution is 6.30. The summed E-state index contributed by atoms with van der Waals surface area (Å²) < 4.78 is 39.0. The number of aliphatic hydroxyl groups is 1. The SMILES string of the molecule is O=C(O)CC(=O)CC(O)(c1ccc(Cl)cc1)C(F)(F)F. The molecule has 1 aromatic carbocycles. The maximum atomic E-state index is 13.0. The summed E-state index contributed by atoms with van der Waals surface area (Å²) in [7, 11) is 0. The minimum absolute atomic E-state index is 0.162. The number of hydrogen-bond donors (Lipinski definition) is 2. The molecule has 4 nitrogen and oxygen atoms in total. The van der Waals surface area contributed by atoms with Crippen molar-refractivity contribution in [3.05, 3.63) is 34.9 Å². The first-order valence-corrected chi connectivity index (χ1v) is 5.72. The smallest absolute Gasteiger partial charge is 0.421 e. The molecule has 1 aromatic rings. The molecule has 2 N–H and O–H groups in total. The predicted octanol–water partition coefficient (Wildman–Crippen LogP) is 2.52. The molecule has 0 bridgehead atoms. The van der Waals surface area contributed by atoms with E-state index in [1.54, 1.807) is 0 Å². The van der Waals surface area contributed by atoms with E-state index in [9.17, 15) is 27.9 Å². The molecule has 0 saturated heterocycles. The summed E-state index contributed by atoms with van der Waals surface area (Å²) in [5.74, 6) is -2.79. The molecule has 0 aliphatic carbocycles. The van der Waals surface area contributed by atoms with Crippen molar-refractivity contribution >= 4 is 23.4 Å². The molecule has 1 unspecified atom stereocenters. The van der Waals surface area contributed by atoms with Gasteiger partial charge in [0.1, 0.15) is 12.2 Å². The van der Waals surface area contributed by atoms with Crippen molar-refractivity contribution in [3.63, 3.8) is 0 Å². The van der Waals surface area contributed by atoms with Gasteiger partial charge in [0.2, 0.25) is 0 Å². The van der Waals surface area contributed by atoms with Crippen molar-refractivity contribution in [3.8, 4) is 0 Å². The molecular weight excluding hydrogens is 301 g/mol. The third-order valence-corrected chi connectivity index (χ3v) is 2.84. The van der Waals surface area contributed by atoms with Crippen molar-refractivity contribution in [2.75, 3.05) is 0 Å².